The monoisotopic (exact) mass is 1320 g/mol. The smallest absolute Gasteiger partial charge is 0.364 e. The molecule has 0 aromatic heterocycles. The van der Waals surface area contributed by atoms with Gasteiger partial charge in [0.1, 0.15) is 159 Å². The highest BCUT2D eigenvalue weighted by atomic mass is 16.8. The molecule has 39 heteroatoms. The Hall–Kier alpha value is -2.46. The number of methoxy groups -OCH3 is 1. The second-order valence-electron chi connectivity index (χ2n) is 22.3. The van der Waals surface area contributed by atoms with Crippen LogP contribution < -0.4 is 5.32 Å². The predicted octanol–water partition coefficient (Wildman–Crippen LogP) is -14.0. The number of hydrogen-bond acceptors (Lipinski definition) is 37. The molecule has 7 heterocycles. The molecule has 0 radical (unpaired) electrons. The van der Waals surface area contributed by atoms with Gasteiger partial charge in [-0.25, -0.2) is 4.79 Å². The highest BCUT2D eigenvalue weighted by Gasteiger charge is 2.61. The first-order chi connectivity index (χ1) is 42.6. The van der Waals surface area contributed by atoms with Crippen molar-refractivity contribution in [2.75, 3.05) is 53.4 Å². The predicted molar refractivity (Wildman–Crippen MR) is 280 cm³/mol. The van der Waals surface area contributed by atoms with E-state index in [0.29, 0.717) is 0 Å². The number of carbonyl (C=O) groups is 2. The van der Waals surface area contributed by atoms with Crippen LogP contribution in [0.15, 0.2) is 0 Å². The van der Waals surface area contributed by atoms with Gasteiger partial charge in [-0.3, -0.25) is 4.79 Å². The lowest BCUT2D eigenvalue weighted by molar-refractivity contribution is -0.406. The minimum absolute atomic E-state index is 0.757. The van der Waals surface area contributed by atoms with Crippen molar-refractivity contribution in [2.45, 2.75) is 248 Å². The summed E-state index contributed by atoms with van der Waals surface area (Å²) < 4.78 is 79.7. The van der Waals surface area contributed by atoms with Crippen molar-refractivity contribution in [1.29, 1.82) is 0 Å². The van der Waals surface area contributed by atoms with Gasteiger partial charge in [0.15, 0.2) is 37.7 Å². The summed E-state index contributed by atoms with van der Waals surface area (Å²) in [5, 5.41) is 241. The summed E-state index contributed by atoms with van der Waals surface area (Å²) in [5.41, 5.74) is 0. The third-order valence-corrected chi connectivity index (χ3v) is 16.5. The number of aliphatic hydroxyl groups excluding tert-OH is 21. The molecule has 7 aliphatic heterocycles. The number of carbonyl (C=O) groups excluding carboxylic acids is 1. The number of carboxylic acids is 1. The number of aliphatic carboxylic acids is 1. The topological polar surface area (TPSA) is 620 Å². The minimum Gasteiger partial charge on any atom is -0.477 e. The van der Waals surface area contributed by atoms with E-state index < -0.39 is 285 Å². The van der Waals surface area contributed by atoms with Crippen LogP contribution in [0.3, 0.4) is 0 Å². The zero-order valence-electron chi connectivity index (χ0n) is 49.2. The van der Waals surface area contributed by atoms with E-state index in [4.69, 9.17) is 66.3 Å². The third-order valence-electron chi connectivity index (χ3n) is 16.5. The van der Waals surface area contributed by atoms with Gasteiger partial charge in [-0.1, -0.05) is 20.8 Å². The van der Waals surface area contributed by atoms with Crippen molar-refractivity contribution in [3.05, 3.63) is 0 Å². The van der Waals surface area contributed by atoms with Gasteiger partial charge >= 0.3 is 5.97 Å². The maximum atomic E-state index is 13.1. The highest BCUT2D eigenvalue weighted by Crippen LogP contribution is 2.42. The minimum atomic E-state index is -3.11. The maximum Gasteiger partial charge on any atom is 0.364 e. The van der Waals surface area contributed by atoms with Gasteiger partial charge in [0.2, 0.25) is 5.91 Å². The summed E-state index contributed by atoms with van der Waals surface area (Å²) in [6.07, 6.45) is -67.3. The molecule has 7 aliphatic rings. The molecule has 36 atom stereocenters. The molecule has 526 valence electrons. The van der Waals surface area contributed by atoms with E-state index in [9.17, 15) is 122 Å². The molecule has 7 saturated heterocycles. The Morgan fingerprint density at radius 3 is 1.50 bits per heavy atom. The molecule has 0 aromatic carbocycles. The normalized spacial score (nSPS) is 48.4. The Morgan fingerprint density at radius 2 is 0.956 bits per heavy atom. The Bertz CT molecular complexity index is 2180. The lowest BCUT2D eigenvalue weighted by Gasteiger charge is -2.51. The Balaban J connectivity index is 0.00000638. The van der Waals surface area contributed by atoms with Crippen LogP contribution in [-0.2, 0) is 75.9 Å². The van der Waals surface area contributed by atoms with Crippen molar-refractivity contribution >= 4 is 11.9 Å². The zero-order chi connectivity index (χ0) is 67.1. The van der Waals surface area contributed by atoms with Crippen LogP contribution in [0.25, 0.3) is 0 Å². The molecule has 1 amide bonds. The standard InChI is InChI=1S/C49H83NO38.C2H6/c1-12-14(58)4-49(48(73)74,87-35(12)23(60)15(59)5-51)88-40-26(63)17(7-53)77-42(72)41(40)86-46-33(70)38(25(62)18(8-54)79-46)85-45-32(69)30(67)37(20(10-56)81-45)83-47-34(71)39(84-43-22(50-13(2)57)28(65)36(75-3)19(9-55)80-43)27(64)21(82-47)11-76-44-31(68)29(66)24(61)16(6-52)78-44;1-2/h12,14-47,51-56,58-72H,4-11H2,1-3H3,(H,50,57)(H,73,74);1-2H3/t12?,14?,15-,16?,17?,18?,19?,20?,21?,22?,23?,24?,25?,26?,27?,28?,29?,30?,31?,32?,33?,34?,35?,36?,37?,38?,39?,40?,41?,42?,43?,44?,45?,46?,47?,49?;/m0./s1. The molecular formula is C51H89NO38. The molecule has 7 fully saturated rings. The van der Waals surface area contributed by atoms with Gasteiger partial charge in [-0.2, -0.15) is 0 Å². The molecule has 90 heavy (non-hydrogen) atoms. The number of amides is 1. The van der Waals surface area contributed by atoms with Crippen LogP contribution in [0, 0.1) is 5.92 Å². The van der Waals surface area contributed by atoms with Crippen LogP contribution in [0.5, 0.6) is 0 Å². The van der Waals surface area contributed by atoms with Gasteiger partial charge in [0.05, 0.1) is 58.5 Å². The third kappa shape index (κ3) is 16.3. The molecule has 0 spiro atoms. The fourth-order valence-electron chi connectivity index (χ4n) is 11.4. The molecule has 0 aliphatic carbocycles. The first-order valence-corrected chi connectivity index (χ1v) is 29.0. The van der Waals surface area contributed by atoms with Crippen molar-refractivity contribution in [3.8, 4) is 0 Å². The Kier molecular flexibility index (Phi) is 28.5. The summed E-state index contributed by atoms with van der Waals surface area (Å²) in [5.74, 6) is -7.06. The van der Waals surface area contributed by atoms with Crippen LogP contribution in [0.4, 0.5) is 0 Å². The molecular weight excluding hydrogens is 1230 g/mol. The van der Waals surface area contributed by atoms with Crippen LogP contribution in [0.1, 0.15) is 34.1 Å². The Labute approximate surface area is 512 Å². The zero-order valence-corrected chi connectivity index (χ0v) is 49.2. The molecule has 39 nitrogen and oxygen atoms in total. The van der Waals surface area contributed by atoms with Gasteiger partial charge in [0.25, 0.3) is 5.79 Å². The molecule has 7 rings (SSSR count). The lowest BCUT2D eigenvalue weighted by Crippen LogP contribution is -2.69. The summed E-state index contributed by atoms with van der Waals surface area (Å²) in [4.78, 5) is 25.4. The van der Waals surface area contributed by atoms with E-state index in [0.717, 1.165) is 14.0 Å². The van der Waals surface area contributed by atoms with Gasteiger partial charge in [0, 0.05) is 26.4 Å². The molecule has 0 saturated carbocycles. The first kappa shape index (κ1) is 76.6. The van der Waals surface area contributed by atoms with Crippen molar-refractivity contribution in [3.63, 3.8) is 0 Å². The van der Waals surface area contributed by atoms with E-state index in [1.807, 2.05) is 13.8 Å². The summed E-state index contributed by atoms with van der Waals surface area (Å²) in [6.45, 7) is -0.721. The molecule has 0 aromatic rings. The van der Waals surface area contributed by atoms with Crippen LogP contribution in [-0.4, -0.2) is 392 Å². The summed E-state index contributed by atoms with van der Waals surface area (Å²) >= 11 is 0. The van der Waals surface area contributed by atoms with Crippen LogP contribution in [0.2, 0.25) is 0 Å². The first-order valence-electron chi connectivity index (χ1n) is 29.0. The van der Waals surface area contributed by atoms with E-state index in [1.165, 1.54) is 6.92 Å². The number of hydrogen-bond donors (Lipinski definition) is 23. The molecule has 23 N–H and O–H groups in total. The molecule has 35 unspecified atom stereocenters. The largest absolute Gasteiger partial charge is 0.477 e. The number of ether oxygens (including phenoxy) is 14. The summed E-state index contributed by atoms with van der Waals surface area (Å²) in [7, 11) is 1.16. The highest BCUT2D eigenvalue weighted by molar-refractivity contribution is 5.76. The van der Waals surface area contributed by atoms with Crippen molar-refractivity contribution in [1.82, 2.24) is 5.32 Å². The van der Waals surface area contributed by atoms with E-state index in [-0.39, 0.29) is 0 Å². The second-order valence-corrected chi connectivity index (χ2v) is 22.3. The van der Waals surface area contributed by atoms with Crippen molar-refractivity contribution in [2.24, 2.45) is 5.92 Å². The Morgan fingerprint density at radius 1 is 0.511 bits per heavy atom. The number of nitrogens with one attached hydrogen (secondary N) is 1. The second kappa shape index (κ2) is 33.5. The number of rotatable bonds is 24. The van der Waals surface area contributed by atoms with Gasteiger partial charge in [-0.05, 0) is 0 Å². The van der Waals surface area contributed by atoms with E-state index in [1.54, 1.807) is 0 Å². The molecule has 0 bridgehead atoms. The number of aliphatic hydroxyl groups is 21. The maximum absolute atomic E-state index is 13.1. The number of carboxylic acid groups (broad SMARTS) is 1. The fraction of sp³-hybridized carbons (Fsp3) is 0.961. The fourth-order valence-corrected chi connectivity index (χ4v) is 11.4. The van der Waals surface area contributed by atoms with Gasteiger partial charge in [-0.15, -0.1) is 0 Å². The SMILES string of the molecule is CC.COC1C(CO)OC(OC2C(O)C(COC3OC(CO)C(O)C(O)C3O)OC(OC3C(CO)OC(OC4C(O)C(CO)OC(OC5C(O)OC(CO)C(O)C5OC5(C(=O)O)CC(O)C(C)C(C(O)[C@@H](O)CO)O5)C4O)C(O)C3O)C2O)C(NC(C)=O)C1O. The van der Waals surface area contributed by atoms with E-state index in [2.05, 4.69) is 5.32 Å². The van der Waals surface area contributed by atoms with Gasteiger partial charge < -0.3 is 184 Å². The average molecular weight is 1320 g/mol. The van der Waals surface area contributed by atoms with Crippen molar-refractivity contribution < 1.29 is 188 Å². The summed E-state index contributed by atoms with van der Waals surface area (Å²) in [6, 6.07) is -1.57. The van der Waals surface area contributed by atoms with Crippen LogP contribution >= 0.6 is 0 Å². The van der Waals surface area contributed by atoms with E-state index >= 15 is 0 Å². The lowest BCUT2D eigenvalue weighted by atomic mass is 9.84. The average Bonchev–Trinajstić information content (AvgIpc) is 0.827. The quantitative estimate of drug-likeness (QED) is 0.0427.